The first-order valence-corrected chi connectivity index (χ1v) is 6.13. The molecule has 0 saturated heterocycles. The first-order chi connectivity index (χ1) is 9.97. The van der Waals surface area contributed by atoms with Crippen LogP contribution in [-0.4, -0.2) is 26.9 Å². The Bertz CT molecular complexity index is 693. The number of aromatic hydroxyl groups is 3. The van der Waals surface area contributed by atoms with Gasteiger partial charge in [0.15, 0.2) is 0 Å². The number of hydrogen-bond acceptors (Lipinski definition) is 5. The van der Waals surface area contributed by atoms with Crippen molar-refractivity contribution in [1.82, 2.24) is 5.43 Å². The van der Waals surface area contributed by atoms with E-state index in [4.69, 9.17) is 5.11 Å². The highest BCUT2D eigenvalue weighted by Gasteiger charge is 2.08. The number of benzene rings is 2. The van der Waals surface area contributed by atoms with Gasteiger partial charge < -0.3 is 15.3 Å². The van der Waals surface area contributed by atoms with E-state index in [0.29, 0.717) is 16.8 Å². The predicted molar refractivity (Wildman–Crippen MR) is 77.6 cm³/mol. The summed E-state index contributed by atoms with van der Waals surface area (Å²) < 4.78 is 0. The van der Waals surface area contributed by atoms with Crippen LogP contribution in [0, 0.1) is 0 Å². The molecule has 0 bridgehead atoms. The Balaban J connectivity index is 2.14. The predicted octanol–water partition coefficient (Wildman–Crippen LogP) is 1.96. The van der Waals surface area contributed by atoms with Crippen LogP contribution in [0.4, 0.5) is 0 Å². The molecule has 6 nitrogen and oxygen atoms in total. The third-order valence-electron chi connectivity index (χ3n) is 2.82. The number of nitrogens with one attached hydrogen (secondary N) is 1. The molecule has 108 valence electrons. The highest BCUT2D eigenvalue weighted by Crippen LogP contribution is 2.22. The summed E-state index contributed by atoms with van der Waals surface area (Å²) in [7, 11) is 0. The van der Waals surface area contributed by atoms with E-state index in [2.05, 4.69) is 10.5 Å². The second-order valence-corrected chi connectivity index (χ2v) is 4.39. The van der Waals surface area contributed by atoms with Gasteiger partial charge in [0, 0.05) is 11.1 Å². The minimum atomic E-state index is -0.450. The van der Waals surface area contributed by atoms with Crippen molar-refractivity contribution in [2.45, 2.75) is 6.92 Å². The molecule has 0 aliphatic heterocycles. The summed E-state index contributed by atoms with van der Waals surface area (Å²) in [6.45, 7) is 1.59. The SMILES string of the molecule is C/C(=N/NC(=O)c1ccc(O)cc1)c1cc(O)ccc1O. The largest absolute Gasteiger partial charge is 0.508 e. The molecule has 0 heterocycles. The molecule has 0 fully saturated rings. The summed E-state index contributed by atoms with van der Waals surface area (Å²) in [5.41, 5.74) is 3.34. The van der Waals surface area contributed by atoms with Gasteiger partial charge in [-0.15, -0.1) is 0 Å². The van der Waals surface area contributed by atoms with E-state index < -0.39 is 5.91 Å². The molecule has 0 atom stereocenters. The molecular weight excluding hydrogens is 272 g/mol. The number of amides is 1. The second-order valence-electron chi connectivity index (χ2n) is 4.39. The minimum absolute atomic E-state index is 0.0118. The molecule has 1 amide bonds. The Labute approximate surface area is 121 Å². The fourth-order valence-electron chi connectivity index (χ4n) is 1.69. The van der Waals surface area contributed by atoms with Crippen LogP contribution in [0.5, 0.6) is 17.2 Å². The first kappa shape index (κ1) is 14.4. The van der Waals surface area contributed by atoms with Gasteiger partial charge in [-0.25, -0.2) is 5.43 Å². The summed E-state index contributed by atoms with van der Waals surface area (Å²) >= 11 is 0. The van der Waals surface area contributed by atoms with E-state index in [1.807, 2.05) is 0 Å². The number of hydrazone groups is 1. The van der Waals surface area contributed by atoms with E-state index >= 15 is 0 Å². The van der Waals surface area contributed by atoms with Crippen molar-refractivity contribution < 1.29 is 20.1 Å². The van der Waals surface area contributed by atoms with Crippen molar-refractivity contribution in [3.8, 4) is 17.2 Å². The molecule has 0 spiro atoms. The van der Waals surface area contributed by atoms with Crippen molar-refractivity contribution >= 4 is 11.6 Å². The molecule has 2 aromatic carbocycles. The van der Waals surface area contributed by atoms with Crippen molar-refractivity contribution in [1.29, 1.82) is 0 Å². The molecule has 6 heteroatoms. The lowest BCUT2D eigenvalue weighted by atomic mass is 10.1. The lowest BCUT2D eigenvalue weighted by molar-refractivity contribution is 0.0955. The minimum Gasteiger partial charge on any atom is -0.508 e. The van der Waals surface area contributed by atoms with Crippen LogP contribution in [0.3, 0.4) is 0 Å². The standard InChI is InChI=1S/C15H14N2O4/c1-9(13-8-12(19)6-7-14(13)20)16-17-15(21)10-2-4-11(18)5-3-10/h2-8,18-20H,1H3,(H,17,21)/b16-9-. The quantitative estimate of drug-likeness (QED) is 0.393. The van der Waals surface area contributed by atoms with Crippen LogP contribution < -0.4 is 5.43 Å². The maximum Gasteiger partial charge on any atom is 0.271 e. The fraction of sp³-hybridized carbons (Fsp3) is 0.0667. The Morgan fingerprint density at radius 2 is 1.62 bits per heavy atom. The molecule has 2 rings (SSSR count). The van der Waals surface area contributed by atoms with Gasteiger partial charge in [0.25, 0.3) is 5.91 Å². The van der Waals surface area contributed by atoms with Crippen molar-refractivity contribution in [3.05, 3.63) is 53.6 Å². The summed E-state index contributed by atoms with van der Waals surface area (Å²) in [5.74, 6) is -0.444. The van der Waals surface area contributed by atoms with E-state index in [-0.39, 0.29) is 17.2 Å². The van der Waals surface area contributed by atoms with Crippen LogP contribution in [0.25, 0.3) is 0 Å². The molecule has 0 aromatic heterocycles. The topological polar surface area (TPSA) is 102 Å². The van der Waals surface area contributed by atoms with Gasteiger partial charge in [0.1, 0.15) is 17.2 Å². The fourth-order valence-corrected chi connectivity index (χ4v) is 1.69. The van der Waals surface area contributed by atoms with Crippen molar-refractivity contribution in [3.63, 3.8) is 0 Å². The number of phenols is 3. The smallest absolute Gasteiger partial charge is 0.271 e. The second kappa shape index (κ2) is 5.96. The molecule has 21 heavy (non-hydrogen) atoms. The van der Waals surface area contributed by atoms with Gasteiger partial charge in [-0.2, -0.15) is 5.10 Å². The number of phenolic OH excluding ortho intramolecular Hbond substituents is 3. The van der Waals surface area contributed by atoms with Gasteiger partial charge >= 0.3 is 0 Å². The van der Waals surface area contributed by atoms with Crippen LogP contribution in [0.15, 0.2) is 47.6 Å². The maximum atomic E-state index is 11.8. The van der Waals surface area contributed by atoms with E-state index in [1.54, 1.807) is 6.92 Å². The summed E-state index contributed by atoms with van der Waals surface area (Å²) in [6, 6.07) is 9.75. The molecule has 0 unspecified atom stereocenters. The zero-order valence-electron chi connectivity index (χ0n) is 11.2. The molecule has 0 aliphatic rings. The third-order valence-corrected chi connectivity index (χ3v) is 2.82. The van der Waals surface area contributed by atoms with Gasteiger partial charge in [0.2, 0.25) is 0 Å². The normalized spacial score (nSPS) is 11.2. The molecule has 0 saturated carbocycles. The number of carbonyl (C=O) groups is 1. The molecule has 0 aliphatic carbocycles. The average molecular weight is 286 g/mol. The Kier molecular flexibility index (Phi) is 4.08. The molecular formula is C15H14N2O4. The Hall–Kier alpha value is -3.02. The van der Waals surface area contributed by atoms with Crippen LogP contribution in [0.2, 0.25) is 0 Å². The number of nitrogens with zero attached hydrogens (tertiary/aromatic N) is 1. The van der Waals surface area contributed by atoms with Gasteiger partial charge in [-0.05, 0) is 49.4 Å². The number of carbonyl (C=O) groups excluding carboxylic acids is 1. The van der Waals surface area contributed by atoms with Gasteiger partial charge in [-0.1, -0.05) is 0 Å². The van der Waals surface area contributed by atoms with Crippen molar-refractivity contribution in [2.75, 3.05) is 0 Å². The monoisotopic (exact) mass is 286 g/mol. The van der Waals surface area contributed by atoms with Gasteiger partial charge in [-0.3, -0.25) is 4.79 Å². The van der Waals surface area contributed by atoms with Gasteiger partial charge in [0.05, 0.1) is 5.71 Å². The lowest BCUT2D eigenvalue weighted by Gasteiger charge is -2.06. The Morgan fingerprint density at radius 3 is 2.29 bits per heavy atom. The van der Waals surface area contributed by atoms with E-state index in [9.17, 15) is 15.0 Å². The maximum absolute atomic E-state index is 11.8. The number of rotatable bonds is 3. The highest BCUT2D eigenvalue weighted by molar-refractivity contribution is 6.02. The average Bonchev–Trinajstić information content (AvgIpc) is 2.47. The van der Waals surface area contributed by atoms with Crippen LogP contribution in [0.1, 0.15) is 22.8 Å². The Morgan fingerprint density at radius 1 is 1.00 bits per heavy atom. The zero-order valence-corrected chi connectivity index (χ0v) is 11.2. The third kappa shape index (κ3) is 3.50. The number of hydrogen-bond donors (Lipinski definition) is 4. The molecule has 4 N–H and O–H groups in total. The lowest BCUT2D eigenvalue weighted by Crippen LogP contribution is -2.19. The van der Waals surface area contributed by atoms with E-state index in [1.165, 1.54) is 42.5 Å². The summed E-state index contributed by atoms with van der Waals surface area (Å²) in [6.07, 6.45) is 0. The highest BCUT2D eigenvalue weighted by atomic mass is 16.3. The van der Waals surface area contributed by atoms with Crippen LogP contribution in [-0.2, 0) is 0 Å². The molecule has 0 radical (unpaired) electrons. The van der Waals surface area contributed by atoms with Crippen molar-refractivity contribution in [2.24, 2.45) is 5.10 Å². The molecule has 2 aromatic rings. The zero-order chi connectivity index (χ0) is 15.4. The first-order valence-electron chi connectivity index (χ1n) is 6.13. The van der Waals surface area contributed by atoms with E-state index in [0.717, 1.165) is 0 Å². The summed E-state index contributed by atoms with van der Waals surface area (Å²) in [5, 5.41) is 32.1. The summed E-state index contributed by atoms with van der Waals surface area (Å²) in [4.78, 5) is 11.8. The van der Waals surface area contributed by atoms with Crippen LogP contribution >= 0.6 is 0 Å².